The minimum Gasteiger partial charge on any atom is -0.394 e. The van der Waals surface area contributed by atoms with Gasteiger partial charge in [-0.2, -0.15) is 0 Å². The van der Waals surface area contributed by atoms with Gasteiger partial charge in [0, 0.05) is 12.1 Å². The van der Waals surface area contributed by atoms with E-state index in [1.807, 2.05) is 0 Å². The lowest BCUT2D eigenvalue weighted by molar-refractivity contribution is -0.0560. The van der Waals surface area contributed by atoms with Gasteiger partial charge in [-0.3, -0.25) is 5.21 Å². The molecule has 1 fully saturated rings. The predicted molar refractivity (Wildman–Crippen MR) is 49.8 cm³/mol. The van der Waals surface area contributed by atoms with Crippen molar-refractivity contribution in [3.05, 3.63) is 0 Å². The Morgan fingerprint density at radius 2 is 2.50 bits per heavy atom. The van der Waals surface area contributed by atoms with Gasteiger partial charge in [0.15, 0.2) is 0 Å². The van der Waals surface area contributed by atoms with E-state index in [0.717, 1.165) is 6.42 Å². The molecule has 1 aliphatic rings. The Labute approximate surface area is 82.3 Å². The lowest BCUT2D eigenvalue weighted by Crippen LogP contribution is -2.34. The minimum absolute atomic E-state index is 0.0207. The van der Waals surface area contributed by atoms with E-state index < -0.39 is 6.03 Å². The van der Waals surface area contributed by atoms with Crippen molar-refractivity contribution in [2.24, 2.45) is 22.7 Å². The molecule has 6 heteroatoms. The molecular formula is C8H15N3O3. The molecule has 0 radical (unpaired) electrons. The average molecular weight is 201 g/mol. The fraction of sp³-hybridized carbons (Fsp3) is 0.750. The monoisotopic (exact) mass is 201 g/mol. The third-order valence-electron chi connectivity index (χ3n) is 2.15. The zero-order valence-electron chi connectivity index (χ0n) is 8.09. The van der Waals surface area contributed by atoms with Crippen LogP contribution in [0.3, 0.4) is 0 Å². The quantitative estimate of drug-likeness (QED) is 0.292. The first-order valence-electron chi connectivity index (χ1n) is 4.52. The van der Waals surface area contributed by atoms with E-state index in [2.05, 4.69) is 12.1 Å². The molecule has 2 amide bonds. The highest BCUT2D eigenvalue weighted by Gasteiger charge is 2.30. The number of oxime groups is 1. The van der Waals surface area contributed by atoms with Crippen LogP contribution in [-0.4, -0.2) is 35.7 Å². The SMILES string of the molecule is CC1CC1/C=N/OCCN(O)C(N)=O. The van der Waals surface area contributed by atoms with Gasteiger partial charge < -0.3 is 10.6 Å². The molecule has 0 aromatic heterocycles. The number of nitrogens with zero attached hydrogens (tertiary/aromatic N) is 2. The van der Waals surface area contributed by atoms with Gasteiger partial charge in [0.2, 0.25) is 0 Å². The van der Waals surface area contributed by atoms with Gasteiger partial charge in [-0.1, -0.05) is 12.1 Å². The molecule has 3 N–H and O–H groups in total. The second-order valence-electron chi connectivity index (χ2n) is 3.43. The second-order valence-corrected chi connectivity index (χ2v) is 3.43. The molecule has 0 saturated heterocycles. The van der Waals surface area contributed by atoms with Crippen molar-refractivity contribution in [3.8, 4) is 0 Å². The average Bonchev–Trinajstić information content (AvgIpc) is 2.81. The van der Waals surface area contributed by atoms with Gasteiger partial charge in [0.05, 0.1) is 6.54 Å². The number of primary amides is 1. The van der Waals surface area contributed by atoms with Crippen LogP contribution in [0.15, 0.2) is 5.16 Å². The standard InChI is InChI=1S/C8H15N3O3/c1-6-4-7(6)5-10-14-3-2-11(13)8(9)12/h5-7,13H,2-4H2,1H3,(H2,9,12)/b10-5+. The van der Waals surface area contributed by atoms with Crippen molar-refractivity contribution in [1.29, 1.82) is 0 Å². The zero-order chi connectivity index (χ0) is 10.6. The Hall–Kier alpha value is -1.30. The van der Waals surface area contributed by atoms with E-state index in [1.54, 1.807) is 6.21 Å². The molecule has 0 bridgehead atoms. The van der Waals surface area contributed by atoms with Crippen LogP contribution in [0.5, 0.6) is 0 Å². The summed E-state index contributed by atoms with van der Waals surface area (Å²) < 4.78 is 0. The van der Waals surface area contributed by atoms with Crippen molar-refractivity contribution >= 4 is 12.2 Å². The van der Waals surface area contributed by atoms with Crippen LogP contribution in [0.4, 0.5) is 4.79 Å². The fourth-order valence-electron chi connectivity index (χ4n) is 0.970. The molecule has 1 rings (SSSR count). The summed E-state index contributed by atoms with van der Waals surface area (Å²) in [4.78, 5) is 15.1. The Morgan fingerprint density at radius 3 is 3.00 bits per heavy atom. The Balaban J connectivity index is 1.99. The third kappa shape index (κ3) is 3.61. The van der Waals surface area contributed by atoms with Gasteiger partial charge >= 0.3 is 6.03 Å². The number of hydrogen-bond donors (Lipinski definition) is 2. The van der Waals surface area contributed by atoms with Gasteiger partial charge in [-0.25, -0.2) is 9.86 Å². The topological polar surface area (TPSA) is 88.2 Å². The summed E-state index contributed by atoms with van der Waals surface area (Å²) >= 11 is 0. The number of hydrogen-bond acceptors (Lipinski definition) is 4. The molecule has 0 aromatic carbocycles. The summed E-state index contributed by atoms with van der Waals surface area (Å²) in [5, 5.41) is 12.9. The van der Waals surface area contributed by atoms with E-state index >= 15 is 0 Å². The van der Waals surface area contributed by atoms with Crippen LogP contribution in [-0.2, 0) is 4.84 Å². The minimum atomic E-state index is -0.895. The summed E-state index contributed by atoms with van der Waals surface area (Å²) in [6, 6.07) is -0.895. The van der Waals surface area contributed by atoms with E-state index in [9.17, 15) is 4.79 Å². The van der Waals surface area contributed by atoms with Crippen molar-refractivity contribution in [2.75, 3.05) is 13.2 Å². The number of amides is 2. The molecule has 2 unspecified atom stereocenters. The van der Waals surface area contributed by atoms with Crippen LogP contribution >= 0.6 is 0 Å². The molecule has 0 aliphatic heterocycles. The number of urea groups is 1. The van der Waals surface area contributed by atoms with E-state index in [-0.39, 0.29) is 13.2 Å². The normalized spacial score (nSPS) is 25.0. The number of carbonyl (C=O) groups excluding carboxylic acids is 1. The number of hydroxylamine groups is 2. The number of rotatable bonds is 5. The van der Waals surface area contributed by atoms with Gasteiger partial charge in [-0.15, -0.1) is 0 Å². The van der Waals surface area contributed by atoms with Gasteiger partial charge in [0.25, 0.3) is 0 Å². The molecule has 14 heavy (non-hydrogen) atoms. The van der Waals surface area contributed by atoms with Crippen molar-refractivity contribution < 1.29 is 14.8 Å². The Morgan fingerprint density at radius 1 is 1.86 bits per heavy atom. The highest BCUT2D eigenvalue weighted by atomic mass is 16.6. The summed E-state index contributed by atoms with van der Waals surface area (Å²) in [7, 11) is 0. The van der Waals surface area contributed by atoms with Crippen LogP contribution in [0, 0.1) is 11.8 Å². The first-order valence-corrected chi connectivity index (χ1v) is 4.52. The molecule has 1 aliphatic carbocycles. The molecule has 0 spiro atoms. The summed E-state index contributed by atoms with van der Waals surface area (Å²) in [6.07, 6.45) is 2.90. The zero-order valence-corrected chi connectivity index (χ0v) is 8.09. The van der Waals surface area contributed by atoms with Gasteiger partial charge in [0.1, 0.15) is 6.61 Å². The predicted octanol–water partition coefficient (Wildman–Crippen LogP) is 0.415. The van der Waals surface area contributed by atoms with Crippen molar-refractivity contribution in [3.63, 3.8) is 0 Å². The summed E-state index contributed by atoms with van der Waals surface area (Å²) in [6.45, 7) is 2.29. The van der Waals surface area contributed by atoms with Crippen LogP contribution < -0.4 is 5.73 Å². The smallest absolute Gasteiger partial charge is 0.338 e. The van der Waals surface area contributed by atoms with Crippen molar-refractivity contribution in [1.82, 2.24) is 5.06 Å². The van der Waals surface area contributed by atoms with Gasteiger partial charge in [-0.05, 0) is 12.3 Å². The van der Waals surface area contributed by atoms with E-state index in [1.165, 1.54) is 0 Å². The molecule has 1 saturated carbocycles. The lowest BCUT2D eigenvalue weighted by Gasteiger charge is -2.09. The van der Waals surface area contributed by atoms with E-state index in [4.69, 9.17) is 15.8 Å². The summed E-state index contributed by atoms with van der Waals surface area (Å²) in [5.41, 5.74) is 4.77. The maximum Gasteiger partial charge on any atom is 0.338 e. The Kier molecular flexibility index (Phi) is 3.70. The fourth-order valence-corrected chi connectivity index (χ4v) is 0.970. The highest BCUT2D eigenvalue weighted by Crippen LogP contribution is 2.35. The first-order chi connectivity index (χ1) is 6.61. The lowest BCUT2D eigenvalue weighted by atomic mass is 10.4. The number of nitrogens with two attached hydrogens (primary N) is 1. The van der Waals surface area contributed by atoms with Crippen LogP contribution in [0.1, 0.15) is 13.3 Å². The molecule has 0 aromatic rings. The van der Waals surface area contributed by atoms with E-state index in [0.29, 0.717) is 16.9 Å². The molecular weight excluding hydrogens is 186 g/mol. The maximum absolute atomic E-state index is 10.3. The first kappa shape index (κ1) is 10.8. The summed E-state index contributed by atoms with van der Waals surface area (Å²) in [5.74, 6) is 1.22. The largest absolute Gasteiger partial charge is 0.394 e. The second kappa shape index (κ2) is 4.80. The van der Waals surface area contributed by atoms with Crippen LogP contribution in [0.25, 0.3) is 0 Å². The number of carbonyl (C=O) groups is 1. The molecule has 2 atom stereocenters. The molecule has 80 valence electrons. The molecule has 0 heterocycles. The third-order valence-corrected chi connectivity index (χ3v) is 2.15. The molecule has 6 nitrogen and oxygen atoms in total. The highest BCUT2D eigenvalue weighted by molar-refractivity contribution is 5.70. The van der Waals surface area contributed by atoms with Crippen molar-refractivity contribution in [2.45, 2.75) is 13.3 Å². The Bertz CT molecular complexity index is 232. The maximum atomic E-state index is 10.3. The van der Waals surface area contributed by atoms with Crippen LogP contribution in [0.2, 0.25) is 0 Å².